The lowest BCUT2D eigenvalue weighted by atomic mass is 10.1. The second kappa shape index (κ2) is 5.61. The Labute approximate surface area is 117 Å². The molecule has 100 valence electrons. The molecule has 1 aliphatic rings. The molecule has 1 aliphatic heterocycles. The van der Waals surface area contributed by atoms with Crippen LogP contribution in [0.3, 0.4) is 0 Å². The summed E-state index contributed by atoms with van der Waals surface area (Å²) in [5.41, 5.74) is 2.21. The van der Waals surface area contributed by atoms with E-state index in [0.717, 1.165) is 23.7 Å². The van der Waals surface area contributed by atoms with Gasteiger partial charge in [0.05, 0.1) is 4.91 Å². The number of imide groups is 1. The molecule has 0 aromatic heterocycles. The maximum absolute atomic E-state index is 12.1. The van der Waals surface area contributed by atoms with E-state index in [1.165, 1.54) is 10.5 Å². The summed E-state index contributed by atoms with van der Waals surface area (Å²) in [6.45, 7) is 5.79. The van der Waals surface area contributed by atoms with Crippen LogP contribution in [0.4, 0.5) is 4.79 Å². The predicted octanol–water partition coefficient (Wildman–Crippen LogP) is 3.69. The minimum Gasteiger partial charge on any atom is -0.268 e. The Morgan fingerprint density at radius 3 is 2.32 bits per heavy atom. The monoisotopic (exact) mass is 275 g/mol. The second-order valence-corrected chi connectivity index (χ2v) is 5.73. The Hall–Kier alpha value is -1.55. The van der Waals surface area contributed by atoms with Gasteiger partial charge in [0.15, 0.2) is 0 Å². The number of amides is 2. The number of thioether (sulfide) groups is 1. The number of carbonyl (C=O) groups is 2. The molecular formula is C15H17NO2S. The van der Waals surface area contributed by atoms with Gasteiger partial charge in [0, 0.05) is 6.04 Å². The lowest BCUT2D eigenvalue weighted by Gasteiger charge is -2.16. The fourth-order valence-corrected chi connectivity index (χ4v) is 2.89. The van der Waals surface area contributed by atoms with Crippen molar-refractivity contribution in [1.29, 1.82) is 0 Å². The van der Waals surface area contributed by atoms with Crippen LogP contribution in [0, 0.1) is 0 Å². The highest BCUT2D eigenvalue weighted by Crippen LogP contribution is 2.33. The third-order valence-electron chi connectivity index (χ3n) is 3.03. The second-order valence-electron chi connectivity index (χ2n) is 4.74. The highest BCUT2D eigenvalue weighted by atomic mass is 32.2. The molecule has 1 saturated heterocycles. The SMILES string of the molecule is CCc1ccc(/C=C2\SC(=O)N(C(C)C)C2=O)cc1. The molecule has 0 bridgehead atoms. The zero-order chi connectivity index (χ0) is 14.0. The lowest BCUT2D eigenvalue weighted by Crippen LogP contribution is -2.34. The zero-order valence-electron chi connectivity index (χ0n) is 11.3. The number of hydrogen-bond donors (Lipinski definition) is 0. The van der Waals surface area contributed by atoms with Gasteiger partial charge in [-0.05, 0) is 49.2 Å². The minimum atomic E-state index is -0.190. The van der Waals surface area contributed by atoms with Crippen molar-refractivity contribution in [2.24, 2.45) is 0 Å². The van der Waals surface area contributed by atoms with Crippen molar-refractivity contribution >= 4 is 29.0 Å². The van der Waals surface area contributed by atoms with Gasteiger partial charge in [-0.25, -0.2) is 0 Å². The van der Waals surface area contributed by atoms with Gasteiger partial charge >= 0.3 is 0 Å². The average molecular weight is 275 g/mol. The van der Waals surface area contributed by atoms with Gasteiger partial charge < -0.3 is 0 Å². The molecule has 0 atom stereocenters. The third-order valence-corrected chi connectivity index (χ3v) is 3.91. The van der Waals surface area contributed by atoms with Crippen molar-refractivity contribution in [2.45, 2.75) is 33.2 Å². The summed E-state index contributed by atoms with van der Waals surface area (Å²) in [5, 5.41) is -0.184. The number of nitrogens with zero attached hydrogens (tertiary/aromatic N) is 1. The van der Waals surface area contributed by atoms with Gasteiger partial charge in [0.1, 0.15) is 0 Å². The van der Waals surface area contributed by atoms with Crippen molar-refractivity contribution in [2.75, 3.05) is 0 Å². The van der Waals surface area contributed by atoms with E-state index in [0.29, 0.717) is 4.91 Å². The molecule has 4 heteroatoms. The molecule has 0 spiro atoms. The van der Waals surface area contributed by atoms with Gasteiger partial charge in [0.2, 0.25) is 0 Å². The number of benzene rings is 1. The van der Waals surface area contributed by atoms with Gasteiger partial charge in [0.25, 0.3) is 11.1 Å². The van der Waals surface area contributed by atoms with Crippen molar-refractivity contribution in [3.8, 4) is 0 Å². The van der Waals surface area contributed by atoms with Crippen LogP contribution in [0.1, 0.15) is 31.9 Å². The summed E-state index contributed by atoms with van der Waals surface area (Å²) in [7, 11) is 0. The van der Waals surface area contributed by atoms with Crippen LogP contribution in [-0.4, -0.2) is 22.1 Å². The number of rotatable bonds is 3. The maximum atomic E-state index is 12.1. The molecule has 0 unspecified atom stereocenters. The first-order valence-corrected chi connectivity index (χ1v) is 7.20. The smallest absolute Gasteiger partial charge is 0.268 e. The van der Waals surface area contributed by atoms with Gasteiger partial charge in [-0.1, -0.05) is 31.2 Å². The van der Waals surface area contributed by atoms with E-state index in [-0.39, 0.29) is 17.2 Å². The van der Waals surface area contributed by atoms with Crippen molar-refractivity contribution in [1.82, 2.24) is 4.90 Å². The highest BCUT2D eigenvalue weighted by molar-refractivity contribution is 8.18. The number of aryl methyl sites for hydroxylation is 1. The average Bonchev–Trinajstić information content (AvgIpc) is 2.65. The highest BCUT2D eigenvalue weighted by Gasteiger charge is 2.36. The van der Waals surface area contributed by atoms with Crippen LogP contribution >= 0.6 is 11.8 Å². The van der Waals surface area contributed by atoms with Crippen molar-refractivity contribution in [3.63, 3.8) is 0 Å². The van der Waals surface area contributed by atoms with Crippen LogP contribution < -0.4 is 0 Å². The summed E-state index contributed by atoms with van der Waals surface area (Å²) in [4.78, 5) is 25.7. The molecule has 19 heavy (non-hydrogen) atoms. The molecule has 0 aliphatic carbocycles. The largest absolute Gasteiger partial charge is 0.293 e. The van der Waals surface area contributed by atoms with Gasteiger partial charge in [-0.3, -0.25) is 14.5 Å². The molecule has 2 rings (SSSR count). The maximum Gasteiger partial charge on any atom is 0.293 e. The predicted molar refractivity (Wildman–Crippen MR) is 78.8 cm³/mol. The molecule has 1 heterocycles. The normalized spacial score (nSPS) is 17.9. The van der Waals surface area contributed by atoms with E-state index in [9.17, 15) is 9.59 Å². The first-order valence-electron chi connectivity index (χ1n) is 6.39. The van der Waals surface area contributed by atoms with E-state index < -0.39 is 0 Å². The molecule has 0 saturated carbocycles. The molecule has 3 nitrogen and oxygen atoms in total. The van der Waals surface area contributed by atoms with Crippen LogP contribution in [0.25, 0.3) is 6.08 Å². The standard InChI is InChI=1S/C15H17NO2S/c1-4-11-5-7-12(8-6-11)9-13-14(17)16(10(2)3)15(18)19-13/h5-10H,4H2,1-3H3/b13-9-. The Bertz CT molecular complexity index is 532. The topological polar surface area (TPSA) is 37.4 Å². The van der Waals surface area contributed by atoms with Crippen molar-refractivity contribution in [3.05, 3.63) is 40.3 Å². The van der Waals surface area contributed by atoms with E-state index >= 15 is 0 Å². The first kappa shape index (κ1) is 13.9. The molecule has 2 amide bonds. The van der Waals surface area contributed by atoms with E-state index in [1.807, 2.05) is 38.1 Å². The molecular weight excluding hydrogens is 258 g/mol. The number of hydrogen-bond acceptors (Lipinski definition) is 3. The van der Waals surface area contributed by atoms with Crippen LogP contribution in [0.5, 0.6) is 0 Å². The first-order chi connectivity index (χ1) is 9.02. The molecule has 1 aromatic carbocycles. The Morgan fingerprint density at radius 1 is 1.21 bits per heavy atom. The Morgan fingerprint density at radius 2 is 1.84 bits per heavy atom. The molecule has 0 radical (unpaired) electrons. The van der Waals surface area contributed by atoms with E-state index in [1.54, 1.807) is 6.08 Å². The molecule has 1 fully saturated rings. The van der Waals surface area contributed by atoms with Crippen LogP contribution in [0.15, 0.2) is 29.2 Å². The summed E-state index contributed by atoms with van der Waals surface area (Å²) < 4.78 is 0. The van der Waals surface area contributed by atoms with Crippen molar-refractivity contribution < 1.29 is 9.59 Å². The fourth-order valence-electron chi connectivity index (χ4n) is 1.93. The van der Waals surface area contributed by atoms with Gasteiger partial charge in [-0.15, -0.1) is 0 Å². The summed E-state index contributed by atoms with van der Waals surface area (Å²) in [6.07, 6.45) is 2.77. The minimum absolute atomic E-state index is 0.0964. The Kier molecular flexibility index (Phi) is 4.10. The summed E-state index contributed by atoms with van der Waals surface area (Å²) in [5.74, 6) is -0.190. The fraction of sp³-hybridized carbons (Fsp3) is 0.333. The summed E-state index contributed by atoms with van der Waals surface area (Å²) in [6, 6.07) is 7.93. The third kappa shape index (κ3) is 2.89. The molecule has 1 aromatic rings. The van der Waals surface area contributed by atoms with Crippen LogP contribution in [0.2, 0.25) is 0 Å². The zero-order valence-corrected chi connectivity index (χ0v) is 12.2. The van der Waals surface area contributed by atoms with Gasteiger partial charge in [-0.2, -0.15) is 0 Å². The Balaban J connectivity index is 2.24. The lowest BCUT2D eigenvalue weighted by molar-refractivity contribution is -0.123. The quantitative estimate of drug-likeness (QED) is 0.789. The van der Waals surface area contributed by atoms with E-state index in [4.69, 9.17) is 0 Å². The molecule has 0 N–H and O–H groups in total. The summed E-state index contributed by atoms with van der Waals surface area (Å²) >= 11 is 1.01. The van der Waals surface area contributed by atoms with Crippen LogP contribution in [-0.2, 0) is 11.2 Å². The van der Waals surface area contributed by atoms with E-state index in [2.05, 4.69) is 6.92 Å². The number of carbonyl (C=O) groups excluding carboxylic acids is 2.